The second-order valence-electron chi connectivity index (χ2n) is 7.18. The second-order valence-corrected chi connectivity index (χ2v) is 7.18. The van der Waals surface area contributed by atoms with E-state index in [0.717, 1.165) is 55.4 Å². The summed E-state index contributed by atoms with van der Waals surface area (Å²) in [4.78, 5) is 14.5. The Kier molecular flexibility index (Phi) is 4.00. The normalized spacial score (nSPS) is 20.1. The van der Waals surface area contributed by atoms with Crippen molar-refractivity contribution < 1.29 is 19.0 Å². The number of rotatable bonds is 3. The highest BCUT2D eigenvalue weighted by Gasteiger charge is 2.27. The fraction of sp³-hybridized carbons (Fsp3) is 0.318. The van der Waals surface area contributed by atoms with E-state index < -0.39 is 0 Å². The summed E-state index contributed by atoms with van der Waals surface area (Å²) in [5.74, 6) is 2.95. The van der Waals surface area contributed by atoms with Gasteiger partial charge in [-0.25, -0.2) is 0 Å². The number of carbonyl (C=O) groups is 1. The van der Waals surface area contributed by atoms with Gasteiger partial charge in [-0.3, -0.25) is 4.79 Å². The van der Waals surface area contributed by atoms with Crippen LogP contribution in [0.25, 0.3) is 6.08 Å². The fourth-order valence-corrected chi connectivity index (χ4v) is 3.98. The predicted octanol–water partition coefficient (Wildman–Crippen LogP) is 3.38. The van der Waals surface area contributed by atoms with E-state index >= 15 is 0 Å². The first-order valence-electron chi connectivity index (χ1n) is 9.38. The molecule has 0 aromatic heterocycles. The van der Waals surface area contributed by atoms with Gasteiger partial charge in [-0.15, -0.1) is 0 Å². The molecule has 0 aliphatic carbocycles. The summed E-state index contributed by atoms with van der Waals surface area (Å²) in [6.07, 6.45) is 5.47. The molecule has 3 aliphatic heterocycles. The molecule has 0 unspecified atom stereocenters. The summed E-state index contributed by atoms with van der Waals surface area (Å²) >= 11 is 0. The SMILES string of the molecule is O=C(/C=C/c1ccc2c(c1)OCO2)N1CC[C@H](c2ccc3c(c2)CCO3)C1. The van der Waals surface area contributed by atoms with Gasteiger partial charge in [0.15, 0.2) is 11.5 Å². The lowest BCUT2D eigenvalue weighted by molar-refractivity contribution is -0.124. The Labute approximate surface area is 158 Å². The molecule has 2 aromatic carbocycles. The van der Waals surface area contributed by atoms with Crippen LogP contribution in [0.5, 0.6) is 17.2 Å². The molecular formula is C22H21NO4. The molecule has 5 nitrogen and oxygen atoms in total. The summed E-state index contributed by atoms with van der Waals surface area (Å²) in [7, 11) is 0. The number of hydrogen-bond acceptors (Lipinski definition) is 4. The molecule has 1 atom stereocenters. The van der Waals surface area contributed by atoms with Crippen molar-refractivity contribution in [3.8, 4) is 17.2 Å². The fourth-order valence-electron chi connectivity index (χ4n) is 3.98. The Morgan fingerprint density at radius 3 is 2.89 bits per heavy atom. The van der Waals surface area contributed by atoms with Crippen LogP contribution in [0.4, 0.5) is 0 Å². The van der Waals surface area contributed by atoms with E-state index in [1.807, 2.05) is 29.2 Å². The van der Waals surface area contributed by atoms with E-state index in [1.165, 1.54) is 11.1 Å². The van der Waals surface area contributed by atoms with E-state index in [1.54, 1.807) is 6.08 Å². The van der Waals surface area contributed by atoms with Crippen molar-refractivity contribution in [2.45, 2.75) is 18.8 Å². The molecule has 0 saturated carbocycles. The third kappa shape index (κ3) is 3.14. The van der Waals surface area contributed by atoms with Gasteiger partial charge in [-0.1, -0.05) is 18.2 Å². The summed E-state index contributed by atoms with van der Waals surface area (Å²) in [6, 6.07) is 12.2. The molecule has 3 aliphatic rings. The minimum atomic E-state index is 0.0552. The van der Waals surface area contributed by atoms with Gasteiger partial charge in [-0.2, -0.15) is 0 Å². The topological polar surface area (TPSA) is 48.0 Å². The maximum Gasteiger partial charge on any atom is 0.246 e. The van der Waals surface area contributed by atoms with Crippen LogP contribution >= 0.6 is 0 Å². The van der Waals surface area contributed by atoms with E-state index in [9.17, 15) is 4.79 Å². The van der Waals surface area contributed by atoms with Crippen LogP contribution < -0.4 is 14.2 Å². The number of fused-ring (bicyclic) bond motifs is 2. The number of likely N-dealkylation sites (tertiary alicyclic amines) is 1. The van der Waals surface area contributed by atoms with Gasteiger partial charge in [0.1, 0.15) is 5.75 Å². The number of carbonyl (C=O) groups excluding carboxylic acids is 1. The standard InChI is InChI=1S/C22H21NO4/c24-22(6-2-15-1-4-20-21(11-15)27-14-26-20)23-9-7-18(13-23)16-3-5-19-17(12-16)8-10-25-19/h1-6,11-12,18H,7-10,13-14H2/b6-2+/t18-/m0/s1. The van der Waals surface area contributed by atoms with Crippen molar-refractivity contribution >= 4 is 12.0 Å². The lowest BCUT2D eigenvalue weighted by atomic mass is 9.96. The van der Waals surface area contributed by atoms with Crippen molar-refractivity contribution in [3.05, 3.63) is 59.2 Å². The summed E-state index contributed by atoms with van der Waals surface area (Å²) in [6.45, 7) is 2.59. The Hall–Kier alpha value is -2.95. The summed E-state index contributed by atoms with van der Waals surface area (Å²) in [5.41, 5.74) is 3.54. The van der Waals surface area contributed by atoms with Crippen LogP contribution in [0.3, 0.4) is 0 Å². The smallest absolute Gasteiger partial charge is 0.246 e. The predicted molar refractivity (Wildman–Crippen MR) is 101 cm³/mol. The van der Waals surface area contributed by atoms with Crippen LogP contribution in [0, 0.1) is 0 Å². The Bertz CT molecular complexity index is 921. The van der Waals surface area contributed by atoms with Gasteiger partial charge in [-0.05, 0) is 47.4 Å². The number of hydrogen-bond donors (Lipinski definition) is 0. The molecule has 138 valence electrons. The number of ether oxygens (including phenoxy) is 3. The molecule has 1 fully saturated rings. The Balaban J connectivity index is 1.24. The maximum absolute atomic E-state index is 12.6. The molecule has 2 aromatic rings. The molecule has 0 spiro atoms. The Morgan fingerprint density at radius 2 is 1.93 bits per heavy atom. The third-order valence-electron chi connectivity index (χ3n) is 5.50. The van der Waals surface area contributed by atoms with Crippen LogP contribution in [0.2, 0.25) is 0 Å². The average Bonchev–Trinajstić information content (AvgIpc) is 3.45. The molecular weight excluding hydrogens is 342 g/mol. The minimum absolute atomic E-state index is 0.0552. The highest BCUT2D eigenvalue weighted by molar-refractivity contribution is 5.92. The number of nitrogens with zero attached hydrogens (tertiary/aromatic N) is 1. The van der Waals surface area contributed by atoms with Crippen molar-refractivity contribution in [3.63, 3.8) is 0 Å². The first kappa shape index (κ1) is 16.2. The summed E-state index contributed by atoms with van der Waals surface area (Å²) in [5, 5.41) is 0. The van der Waals surface area contributed by atoms with E-state index in [0.29, 0.717) is 5.92 Å². The van der Waals surface area contributed by atoms with Gasteiger partial charge in [0.2, 0.25) is 12.7 Å². The zero-order chi connectivity index (χ0) is 18.2. The van der Waals surface area contributed by atoms with Crippen LogP contribution in [0.15, 0.2) is 42.5 Å². The van der Waals surface area contributed by atoms with E-state index in [4.69, 9.17) is 14.2 Å². The van der Waals surface area contributed by atoms with Gasteiger partial charge >= 0.3 is 0 Å². The monoisotopic (exact) mass is 363 g/mol. The zero-order valence-electron chi connectivity index (χ0n) is 15.0. The highest BCUT2D eigenvalue weighted by Crippen LogP contribution is 2.34. The second kappa shape index (κ2) is 6.65. The number of amides is 1. The Morgan fingerprint density at radius 1 is 1.04 bits per heavy atom. The lowest BCUT2D eigenvalue weighted by Crippen LogP contribution is -2.26. The van der Waals surface area contributed by atoms with Crippen molar-refractivity contribution in [2.24, 2.45) is 0 Å². The molecule has 0 bridgehead atoms. The highest BCUT2D eigenvalue weighted by atomic mass is 16.7. The molecule has 1 saturated heterocycles. The first-order valence-corrected chi connectivity index (χ1v) is 9.38. The quantitative estimate of drug-likeness (QED) is 0.785. The minimum Gasteiger partial charge on any atom is -0.493 e. The van der Waals surface area contributed by atoms with E-state index in [2.05, 4.69) is 18.2 Å². The number of benzene rings is 2. The summed E-state index contributed by atoms with van der Waals surface area (Å²) < 4.78 is 16.3. The molecule has 27 heavy (non-hydrogen) atoms. The third-order valence-corrected chi connectivity index (χ3v) is 5.50. The van der Waals surface area contributed by atoms with Crippen molar-refractivity contribution in [1.82, 2.24) is 4.90 Å². The largest absolute Gasteiger partial charge is 0.493 e. The van der Waals surface area contributed by atoms with Crippen LogP contribution in [0.1, 0.15) is 29.0 Å². The molecule has 5 rings (SSSR count). The van der Waals surface area contributed by atoms with Gasteiger partial charge in [0.05, 0.1) is 6.61 Å². The molecule has 5 heteroatoms. The maximum atomic E-state index is 12.6. The van der Waals surface area contributed by atoms with Crippen molar-refractivity contribution in [2.75, 3.05) is 26.5 Å². The van der Waals surface area contributed by atoms with E-state index in [-0.39, 0.29) is 12.7 Å². The molecule has 1 amide bonds. The lowest BCUT2D eigenvalue weighted by Gasteiger charge is -2.15. The van der Waals surface area contributed by atoms with Gasteiger partial charge in [0.25, 0.3) is 0 Å². The van der Waals surface area contributed by atoms with Crippen LogP contribution in [-0.4, -0.2) is 37.3 Å². The molecule has 3 heterocycles. The first-order chi connectivity index (χ1) is 13.3. The zero-order valence-corrected chi connectivity index (χ0v) is 15.0. The average molecular weight is 363 g/mol. The van der Waals surface area contributed by atoms with Crippen LogP contribution in [-0.2, 0) is 11.2 Å². The molecule has 0 N–H and O–H groups in total. The van der Waals surface area contributed by atoms with Gasteiger partial charge < -0.3 is 19.1 Å². The van der Waals surface area contributed by atoms with Gasteiger partial charge in [0, 0.05) is 31.5 Å². The molecule has 0 radical (unpaired) electrons. The van der Waals surface area contributed by atoms with Crippen molar-refractivity contribution in [1.29, 1.82) is 0 Å².